The van der Waals surface area contributed by atoms with Crippen LogP contribution in [-0.4, -0.2) is 35.9 Å². The molecule has 0 aromatic heterocycles. The van der Waals surface area contributed by atoms with E-state index >= 15 is 0 Å². The van der Waals surface area contributed by atoms with E-state index in [2.05, 4.69) is 11.8 Å². The Labute approximate surface area is 100 Å². The van der Waals surface area contributed by atoms with Crippen molar-refractivity contribution < 1.29 is 15.0 Å². The molecular formula is C13H17NO3. The van der Waals surface area contributed by atoms with Crippen LogP contribution in [0.1, 0.15) is 17.3 Å². The van der Waals surface area contributed by atoms with Crippen LogP contribution in [0.5, 0.6) is 0 Å². The molecule has 0 saturated carbocycles. The second-order valence-corrected chi connectivity index (χ2v) is 4.68. The van der Waals surface area contributed by atoms with Crippen molar-refractivity contribution >= 4 is 11.7 Å². The SMILES string of the molecule is C[C@@H]1CN(c2ccc(C(=O)O)cc2)C[C@H]1CO. The number of aliphatic hydroxyl groups excluding tert-OH is 1. The number of hydrogen-bond acceptors (Lipinski definition) is 3. The minimum absolute atomic E-state index is 0.213. The number of anilines is 1. The Hall–Kier alpha value is -1.55. The van der Waals surface area contributed by atoms with E-state index in [9.17, 15) is 9.90 Å². The third-order valence-corrected chi connectivity index (χ3v) is 3.48. The third kappa shape index (κ3) is 2.42. The minimum Gasteiger partial charge on any atom is -0.478 e. The molecule has 1 aromatic carbocycles. The largest absolute Gasteiger partial charge is 0.478 e. The van der Waals surface area contributed by atoms with Crippen molar-refractivity contribution in [1.29, 1.82) is 0 Å². The van der Waals surface area contributed by atoms with E-state index in [0.29, 0.717) is 17.4 Å². The highest BCUT2D eigenvalue weighted by molar-refractivity contribution is 5.88. The minimum atomic E-state index is -0.903. The lowest BCUT2D eigenvalue weighted by Gasteiger charge is -2.18. The van der Waals surface area contributed by atoms with Gasteiger partial charge in [-0.1, -0.05) is 6.92 Å². The molecule has 1 fully saturated rings. The first-order valence-electron chi connectivity index (χ1n) is 5.81. The second kappa shape index (κ2) is 4.75. The van der Waals surface area contributed by atoms with E-state index < -0.39 is 5.97 Å². The van der Waals surface area contributed by atoms with Gasteiger partial charge in [-0.25, -0.2) is 4.79 Å². The van der Waals surface area contributed by atoms with Crippen LogP contribution in [0.25, 0.3) is 0 Å². The maximum Gasteiger partial charge on any atom is 0.335 e. The summed E-state index contributed by atoms with van der Waals surface area (Å²) in [7, 11) is 0. The maximum atomic E-state index is 10.7. The van der Waals surface area contributed by atoms with Crippen LogP contribution in [0.15, 0.2) is 24.3 Å². The van der Waals surface area contributed by atoms with Crippen LogP contribution in [-0.2, 0) is 0 Å². The first kappa shape index (κ1) is 11.9. The first-order chi connectivity index (χ1) is 8.11. The van der Waals surface area contributed by atoms with Crippen LogP contribution in [0.3, 0.4) is 0 Å². The van der Waals surface area contributed by atoms with Gasteiger partial charge in [-0.3, -0.25) is 0 Å². The lowest BCUT2D eigenvalue weighted by molar-refractivity contribution is 0.0697. The normalized spacial score (nSPS) is 24.0. The predicted molar refractivity (Wildman–Crippen MR) is 65.4 cm³/mol. The molecule has 0 unspecified atom stereocenters. The van der Waals surface area contributed by atoms with Crippen molar-refractivity contribution in [1.82, 2.24) is 0 Å². The van der Waals surface area contributed by atoms with Gasteiger partial charge in [0.1, 0.15) is 0 Å². The summed E-state index contributed by atoms with van der Waals surface area (Å²) in [5, 5.41) is 18.0. The van der Waals surface area contributed by atoms with E-state index in [0.717, 1.165) is 18.8 Å². The summed E-state index contributed by atoms with van der Waals surface area (Å²) in [6.07, 6.45) is 0. The van der Waals surface area contributed by atoms with E-state index in [1.807, 2.05) is 12.1 Å². The molecule has 1 aromatic rings. The van der Waals surface area contributed by atoms with E-state index in [1.54, 1.807) is 12.1 Å². The van der Waals surface area contributed by atoms with Crippen molar-refractivity contribution in [2.45, 2.75) is 6.92 Å². The number of carboxylic acid groups (broad SMARTS) is 1. The average Bonchev–Trinajstić information content (AvgIpc) is 2.70. The number of carboxylic acids is 1. The Morgan fingerprint density at radius 1 is 1.35 bits per heavy atom. The molecule has 2 N–H and O–H groups in total. The number of rotatable bonds is 3. The molecule has 0 bridgehead atoms. The maximum absolute atomic E-state index is 10.7. The highest BCUT2D eigenvalue weighted by atomic mass is 16.4. The zero-order valence-electron chi connectivity index (χ0n) is 9.84. The topological polar surface area (TPSA) is 60.8 Å². The van der Waals surface area contributed by atoms with Gasteiger partial charge in [-0.15, -0.1) is 0 Å². The quantitative estimate of drug-likeness (QED) is 0.832. The Balaban J connectivity index is 2.11. The molecule has 1 aliphatic rings. The highest BCUT2D eigenvalue weighted by Gasteiger charge is 2.28. The van der Waals surface area contributed by atoms with Gasteiger partial charge >= 0.3 is 5.97 Å². The first-order valence-corrected chi connectivity index (χ1v) is 5.81. The lowest BCUT2D eigenvalue weighted by atomic mass is 10.00. The monoisotopic (exact) mass is 235 g/mol. The van der Waals surface area contributed by atoms with Crippen LogP contribution < -0.4 is 4.90 Å². The average molecular weight is 235 g/mol. The highest BCUT2D eigenvalue weighted by Crippen LogP contribution is 2.27. The third-order valence-electron chi connectivity index (χ3n) is 3.48. The molecule has 1 heterocycles. The fraction of sp³-hybridized carbons (Fsp3) is 0.462. The molecule has 4 heteroatoms. The van der Waals surface area contributed by atoms with Gasteiger partial charge in [0.2, 0.25) is 0 Å². The van der Waals surface area contributed by atoms with Crippen LogP contribution in [0, 0.1) is 11.8 Å². The molecular weight excluding hydrogens is 218 g/mol. The van der Waals surface area contributed by atoms with E-state index in [-0.39, 0.29) is 6.61 Å². The Bertz CT molecular complexity index is 402. The van der Waals surface area contributed by atoms with Gasteiger partial charge in [-0.05, 0) is 30.2 Å². The summed E-state index contributed by atoms with van der Waals surface area (Å²) in [6, 6.07) is 6.90. The smallest absolute Gasteiger partial charge is 0.335 e. The Morgan fingerprint density at radius 2 is 2.00 bits per heavy atom. The van der Waals surface area contributed by atoms with Crippen LogP contribution in [0.2, 0.25) is 0 Å². The summed E-state index contributed by atoms with van der Waals surface area (Å²) in [5.41, 5.74) is 1.33. The van der Waals surface area contributed by atoms with Gasteiger partial charge in [0.25, 0.3) is 0 Å². The molecule has 92 valence electrons. The zero-order chi connectivity index (χ0) is 12.4. The van der Waals surface area contributed by atoms with E-state index in [4.69, 9.17) is 5.11 Å². The summed E-state index contributed by atoms with van der Waals surface area (Å²) in [5.74, 6) is -0.118. The second-order valence-electron chi connectivity index (χ2n) is 4.68. The molecule has 4 nitrogen and oxygen atoms in total. The number of aromatic carboxylic acids is 1. The van der Waals surface area contributed by atoms with Crippen molar-refractivity contribution in [3.63, 3.8) is 0 Å². The van der Waals surface area contributed by atoms with Crippen molar-refractivity contribution in [3.8, 4) is 0 Å². The zero-order valence-corrected chi connectivity index (χ0v) is 9.84. The lowest BCUT2D eigenvalue weighted by Crippen LogP contribution is -2.20. The molecule has 2 atom stereocenters. The summed E-state index contributed by atoms with van der Waals surface area (Å²) in [6.45, 7) is 4.10. The van der Waals surface area contributed by atoms with Crippen LogP contribution in [0.4, 0.5) is 5.69 Å². The molecule has 0 spiro atoms. The summed E-state index contributed by atoms with van der Waals surface area (Å²) in [4.78, 5) is 12.9. The standard InChI is InChI=1S/C13H17NO3/c1-9-6-14(7-11(9)8-15)12-4-2-10(3-5-12)13(16)17/h2-5,9,11,15H,6-8H2,1H3,(H,16,17)/t9-,11+/m1/s1. The fourth-order valence-electron chi connectivity index (χ4n) is 2.30. The van der Waals surface area contributed by atoms with E-state index in [1.165, 1.54) is 0 Å². The van der Waals surface area contributed by atoms with Gasteiger partial charge < -0.3 is 15.1 Å². The van der Waals surface area contributed by atoms with Crippen molar-refractivity contribution in [2.24, 2.45) is 11.8 Å². The molecule has 1 saturated heterocycles. The van der Waals surface area contributed by atoms with Gasteiger partial charge in [0.05, 0.1) is 5.56 Å². The predicted octanol–water partition coefficient (Wildman–Crippen LogP) is 1.45. The van der Waals surface area contributed by atoms with Crippen molar-refractivity contribution in [2.75, 3.05) is 24.6 Å². The van der Waals surface area contributed by atoms with Crippen LogP contribution >= 0.6 is 0 Å². The summed E-state index contributed by atoms with van der Waals surface area (Å²) < 4.78 is 0. The van der Waals surface area contributed by atoms with Gasteiger partial charge in [0, 0.05) is 31.3 Å². The molecule has 0 radical (unpaired) electrons. The fourth-order valence-corrected chi connectivity index (χ4v) is 2.30. The molecule has 1 aliphatic heterocycles. The number of carbonyl (C=O) groups is 1. The van der Waals surface area contributed by atoms with Gasteiger partial charge in [-0.2, -0.15) is 0 Å². The number of hydrogen-bond donors (Lipinski definition) is 2. The molecule has 2 rings (SSSR count). The number of aliphatic hydroxyl groups is 1. The van der Waals surface area contributed by atoms with Gasteiger partial charge in [0.15, 0.2) is 0 Å². The molecule has 17 heavy (non-hydrogen) atoms. The molecule has 0 amide bonds. The van der Waals surface area contributed by atoms with Crippen molar-refractivity contribution in [3.05, 3.63) is 29.8 Å². The summed E-state index contributed by atoms with van der Waals surface area (Å²) >= 11 is 0. The number of benzene rings is 1. The number of nitrogens with zero attached hydrogens (tertiary/aromatic N) is 1. The Morgan fingerprint density at radius 3 is 2.47 bits per heavy atom. The Kier molecular flexibility index (Phi) is 3.33. The molecule has 0 aliphatic carbocycles.